The number of H-pyrrole nitrogens is 1. The smallest absolute Gasteiger partial charge is 0.139 e. The van der Waals surface area contributed by atoms with Crippen molar-refractivity contribution in [2.24, 2.45) is 0 Å². The number of aromatic amines is 1. The largest absolute Gasteiger partial charge is 0.506 e. The molecule has 0 atom stereocenters. The number of aromatic nitrogens is 1. The van der Waals surface area contributed by atoms with E-state index in [4.69, 9.17) is 0 Å². The van der Waals surface area contributed by atoms with Crippen LogP contribution in [0.4, 0.5) is 0 Å². The summed E-state index contributed by atoms with van der Waals surface area (Å²) < 4.78 is 0.992. The molecule has 56 valence electrons. The number of halogens is 1. The molecule has 0 spiro atoms. The molecule has 0 saturated carbocycles. The van der Waals surface area contributed by atoms with Gasteiger partial charge in [0.1, 0.15) is 5.75 Å². The molecule has 0 aliphatic rings. The summed E-state index contributed by atoms with van der Waals surface area (Å²) in [6, 6.07) is 5.40. The molecule has 1 heterocycles. The van der Waals surface area contributed by atoms with Crippen molar-refractivity contribution in [3.63, 3.8) is 0 Å². The molecular formula is C8H6BrNO. The van der Waals surface area contributed by atoms with Crippen molar-refractivity contribution >= 4 is 26.8 Å². The summed E-state index contributed by atoms with van der Waals surface area (Å²) in [5.74, 6) is 0.285. The lowest BCUT2D eigenvalue weighted by molar-refractivity contribution is 0.480. The van der Waals surface area contributed by atoms with Crippen LogP contribution in [0.2, 0.25) is 0 Å². The lowest BCUT2D eigenvalue weighted by atomic mass is 10.2. The minimum absolute atomic E-state index is 0.285. The third kappa shape index (κ3) is 0.922. The third-order valence-electron chi connectivity index (χ3n) is 1.65. The predicted octanol–water partition coefficient (Wildman–Crippen LogP) is 2.64. The van der Waals surface area contributed by atoms with E-state index in [9.17, 15) is 5.11 Å². The molecular weight excluding hydrogens is 206 g/mol. The topological polar surface area (TPSA) is 36.0 Å². The second-order valence-corrected chi connectivity index (χ2v) is 3.19. The summed E-state index contributed by atoms with van der Waals surface area (Å²) in [6.45, 7) is 0. The Hall–Kier alpha value is -0.960. The van der Waals surface area contributed by atoms with Gasteiger partial charge in [-0.3, -0.25) is 0 Å². The van der Waals surface area contributed by atoms with Gasteiger partial charge in [0.15, 0.2) is 0 Å². The SMILES string of the molecule is Oc1ccc(Br)c2cc[nH]c12. The minimum Gasteiger partial charge on any atom is -0.506 e. The summed E-state index contributed by atoms with van der Waals surface area (Å²) in [5, 5.41) is 10.3. The molecule has 0 radical (unpaired) electrons. The minimum atomic E-state index is 0.285. The molecule has 0 bridgehead atoms. The Bertz CT molecular complexity index is 358. The standard InChI is InChI=1S/C8H6BrNO/c9-6-1-2-7(11)8-5(6)3-4-10-8/h1-4,10-11H. The summed E-state index contributed by atoms with van der Waals surface area (Å²) in [7, 11) is 0. The first kappa shape index (κ1) is 6.73. The molecule has 0 aliphatic carbocycles. The van der Waals surface area contributed by atoms with Crippen molar-refractivity contribution in [1.82, 2.24) is 4.98 Å². The van der Waals surface area contributed by atoms with Gasteiger partial charge < -0.3 is 10.1 Å². The van der Waals surface area contributed by atoms with Gasteiger partial charge >= 0.3 is 0 Å². The average molecular weight is 212 g/mol. The van der Waals surface area contributed by atoms with Crippen LogP contribution >= 0.6 is 15.9 Å². The van der Waals surface area contributed by atoms with E-state index in [1.54, 1.807) is 12.3 Å². The first-order valence-corrected chi connectivity index (χ1v) is 4.03. The molecule has 2 rings (SSSR count). The monoisotopic (exact) mass is 211 g/mol. The number of benzene rings is 1. The van der Waals surface area contributed by atoms with E-state index < -0.39 is 0 Å². The quantitative estimate of drug-likeness (QED) is 0.691. The molecule has 2 aromatic rings. The van der Waals surface area contributed by atoms with Crippen molar-refractivity contribution in [2.75, 3.05) is 0 Å². The molecule has 11 heavy (non-hydrogen) atoms. The maximum absolute atomic E-state index is 9.33. The number of hydrogen-bond donors (Lipinski definition) is 2. The van der Waals surface area contributed by atoms with Crippen LogP contribution < -0.4 is 0 Å². The van der Waals surface area contributed by atoms with Crippen LogP contribution in [0.5, 0.6) is 5.75 Å². The van der Waals surface area contributed by atoms with Gasteiger partial charge in [0.25, 0.3) is 0 Å². The maximum atomic E-state index is 9.33. The summed E-state index contributed by atoms with van der Waals surface area (Å²) in [4.78, 5) is 2.95. The van der Waals surface area contributed by atoms with Gasteiger partial charge in [0.2, 0.25) is 0 Å². The van der Waals surface area contributed by atoms with Crippen molar-refractivity contribution in [2.45, 2.75) is 0 Å². The van der Waals surface area contributed by atoms with Crippen molar-refractivity contribution < 1.29 is 5.11 Å². The fourth-order valence-corrected chi connectivity index (χ4v) is 1.57. The lowest BCUT2D eigenvalue weighted by Crippen LogP contribution is -1.70. The Kier molecular flexibility index (Phi) is 1.39. The van der Waals surface area contributed by atoms with Gasteiger partial charge in [0, 0.05) is 16.1 Å². The van der Waals surface area contributed by atoms with Gasteiger partial charge in [-0.1, -0.05) is 15.9 Å². The van der Waals surface area contributed by atoms with E-state index in [0.29, 0.717) is 0 Å². The molecule has 1 aromatic carbocycles. The van der Waals surface area contributed by atoms with Crippen LogP contribution in [0, 0.1) is 0 Å². The van der Waals surface area contributed by atoms with Gasteiger partial charge in [-0.25, -0.2) is 0 Å². The number of hydrogen-bond acceptors (Lipinski definition) is 1. The second kappa shape index (κ2) is 2.27. The highest BCUT2D eigenvalue weighted by Gasteiger charge is 2.02. The Morgan fingerprint density at radius 3 is 2.82 bits per heavy atom. The van der Waals surface area contributed by atoms with E-state index in [2.05, 4.69) is 20.9 Å². The number of rotatable bonds is 0. The molecule has 0 amide bonds. The Labute approximate surface area is 72.0 Å². The Balaban J connectivity index is 2.96. The molecule has 0 aliphatic heterocycles. The van der Waals surface area contributed by atoms with Crippen molar-refractivity contribution in [3.05, 3.63) is 28.9 Å². The average Bonchev–Trinajstić information content (AvgIpc) is 2.45. The zero-order valence-electron chi connectivity index (χ0n) is 5.63. The molecule has 1 aromatic heterocycles. The van der Waals surface area contributed by atoms with Crippen LogP contribution in [-0.2, 0) is 0 Å². The van der Waals surface area contributed by atoms with Crippen molar-refractivity contribution in [3.8, 4) is 5.75 Å². The Morgan fingerprint density at radius 1 is 1.27 bits per heavy atom. The van der Waals surface area contributed by atoms with Gasteiger partial charge in [-0.2, -0.15) is 0 Å². The van der Waals surface area contributed by atoms with E-state index in [1.165, 1.54) is 0 Å². The molecule has 0 unspecified atom stereocenters. The number of nitrogens with one attached hydrogen (secondary N) is 1. The zero-order chi connectivity index (χ0) is 7.84. The van der Waals surface area contributed by atoms with E-state index in [0.717, 1.165) is 15.4 Å². The lowest BCUT2D eigenvalue weighted by Gasteiger charge is -1.95. The van der Waals surface area contributed by atoms with E-state index >= 15 is 0 Å². The number of fused-ring (bicyclic) bond motifs is 1. The zero-order valence-corrected chi connectivity index (χ0v) is 7.22. The van der Waals surface area contributed by atoms with Gasteiger partial charge in [0.05, 0.1) is 5.52 Å². The van der Waals surface area contributed by atoms with E-state index in [-0.39, 0.29) is 5.75 Å². The maximum Gasteiger partial charge on any atom is 0.139 e. The molecule has 2 nitrogen and oxygen atoms in total. The highest BCUT2D eigenvalue weighted by atomic mass is 79.9. The van der Waals surface area contributed by atoms with Crippen LogP contribution in [0.25, 0.3) is 10.9 Å². The highest BCUT2D eigenvalue weighted by Crippen LogP contribution is 2.29. The fourth-order valence-electron chi connectivity index (χ4n) is 1.11. The molecule has 3 heteroatoms. The first-order valence-electron chi connectivity index (χ1n) is 3.23. The van der Waals surface area contributed by atoms with Crippen LogP contribution in [0.15, 0.2) is 28.9 Å². The summed E-state index contributed by atoms with van der Waals surface area (Å²) in [6.07, 6.45) is 1.80. The molecule has 0 fully saturated rings. The first-order chi connectivity index (χ1) is 5.29. The normalized spacial score (nSPS) is 10.6. The van der Waals surface area contributed by atoms with Crippen molar-refractivity contribution in [1.29, 1.82) is 0 Å². The number of phenols is 1. The molecule has 2 N–H and O–H groups in total. The highest BCUT2D eigenvalue weighted by molar-refractivity contribution is 9.10. The summed E-state index contributed by atoms with van der Waals surface area (Å²) >= 11 is 3.38. The van der Waals surface area contributed by atoms with Crippen LogP contribution in [0.3, 0.4) is 0 Å². The van der Waals surface area contributed by atoms with E-state index in [1.807, 2.05) is 12.1 Å². The predicted molar refractivity (Wildman–Crippen MR) is 47.7 cm³/mol. The molecule has 0 saturated heterocycles. The number of phenolic OH excluding ortho intramolecular Hbond substituents is 1. The third-order valence-corrected chi connectivity index (χ3v) is 2.34. The Morgan fingerprint density at radius 2 is 2.09 bits per heavy atom. The fraction of sp³-hybridized carbons (Fsp3) is 0. The van der Waals surface area contributed by atoms with Crippen LogP contribution in [-0.4, -0.2) is 10.1 Å². The van der Waals surface area contributed by atoms with Crippen LogP contribution in [0.1, 0.15) is 0 Å². The second-order valence-electron chi connectivity index (χ2n) is 2.33. The van der Waals surface area contributed by atoms with Gasteiger partial charge in [-0.05, 0) is 18.2 Å². The number of aromatic hydroxyl groups is 1. The summed E-state index contributed by atoms with van der Waals surface area (Å²) in [5.41, 5.74) is 0.777. The van der Waals surface area contributed by atoms with Gasteiger partial charge in [-0.15, -0.1) is 0 Å².